The zero-order valence-electron chi connectivity index (χ0n) is 14.7. The first kappa shape index (κ1) is 17.6. The molecule has 1 saturated heterocycles. The normalized spacial score (nSPS) is 15.1. The molecule has 1 heterocycles. The maximum atomic E-state index is 12.6. The molecule has 25 heavy (non-hydrogen) atoms. The summed E-state index contributed by atoms with van der Waals surface area (Å²) in [6, 6.07) is 15.8. The lowest BCUT2D eigenvalue weighted by Crippen LogP contribution is -2.26. The number of nitrogens with one attached hydrogen (secondary N) is 1. The Hall–Kier alpha value is -2.17. The minimum absolute atomic E-state index is 0.0623. The zero-order chi connectivity index (χ0) is 17.5. The molecule has 1 amide bonds. The molecule has 1 N–H and O–H groups in total. The highest BCUT2D eigenvalue weighted by molar-refractivity contribution is 5.95. The van der Waals surface area contributed by atoms with Gasteiger partial charge >= 0.3 is 0 Å². The van der Waals surface area contributed by atoms with Crippen molar-refractivity contribution in [2.75, 3.05) is 13.2 Å². The third-order valence-corrected chi connectivity index (χ3v) is 4.44. The van der Waals surface area contributed by atoms with Crippen LogP contribution in [0.25, 0.3) is 0 Å². The van der Waals surface area contributed by atoms with E-state index in [2.05, 4.69) is 11.4 Å². The molecule has 4 nitrogen and oxygen atoms in total. The molecule has 4 heteroatoms. The van der Waals surface area contributed by atoms with E-state index in [4.69, 9.17) is 9.47 Å². The molecule has 0 atom stereocenters. The van der Waals surface area contributed by atoms with Gasteiger partial charge in [0.1, 0.15) is 0 Å². The van der Waals surface area contributed by atoms with E-state index in [-0.39, 0.29) is 12.0 Å². The van der Waals surface area contributed by atoms with E-state index in [1.807, 2.05) is 49.4 Å². The Morgan fingerprint density at radius 3 is 2.76 bits per heavy atom. The molecule has 0 radical (unpaired) electrons. The lowest BCUT2D eigenvalue weighted by atomic mass is 10.1. The van der Waals surface area contributed by atoms with Crippen molar-refractivity contribution in [3.05, 3.63) is 70.8 Å². The first-order valence-corrected chi connectivity index (χ1v) is 8.83. The Morgan fingerprint density at radius 1 is 1.16 bits per heavy atom. The van der Waals surface area contributed by atoms with Crippen molar-refractivity contribution in [2.45, 2.75) is 39.0 Å². The summed E-state index contributed by atoms with van der Waals surface area (Å²) in [5, 5.41) is 3.01. The molecule has 2 aromatic rings. The number of rotatable bonds is 6. The van der Waals surface area contributed by atoms with Gasteiger partial charge in [-0.2, -0.15) is 0 Å². The van der Waals surface area contributed by atoms with Crippen LogP contribution in [0, 0.1) is 6.92 Å². The van der Waals surface area contributed by atoms with E-state index >= 15 is 0 Å². The smallest absolute Gasteiger partial charge is 0.251 e. The first-order chi connectivity index (χ1) is 12.2. The van der Waals surface area contributed by atoms with Crippen LogP contribution < -0.4 is 5.32 Å². The van der Waals surface area contributed by atoms with Crippen LogP contribution in [0.3, 0.4) is 0 Å². The van der Waals surface area contributed by atoms with Gasteiger partial charge in [-0.3, -0.25) is 4.79 Å². The molecule has 0 saturated carbocycles. The third-order valence-electron chi connectivity index (χ3n) is 4.44. The Labute approximate surface area is 149 Å². The van der Waals surface area contributed by atoms with Crippen LogP contribution in [-0.4, -0.2) is 25.2 Å². The molecule has 0 aliphatic carbocycles. The molecule has 0 aromatic heterocycles. The highest BCUT2D eigenvalue weighted by Crippen LogP contribution is 2.16. The van der Waals surface area contributed by atoms with Crippen LogP contribution in [0.1, 0.15) is 39.9 Å². The number of aryl methyl sites for hydroxylation is 1. The van der Waals surface area contributed by atoms with E-state index in [1.165, 1.54) is 5.56 Å². The predicted octanol–water partition coefficient (Wildman–Crippen LogP) is 3.62. The summed E-state index contributed by atoms with van der Waals surface area (Å²) in [7, 11) is 0. The average Bonchev–Trinajstić information content (AvgIpc) is 2.65. The summed E-state index contributed by atoms with van der Waals surface area (Å²) in [5.74, 6) is -0.0623. The summed E-state index contributed by atoms with van der Waals surface area (Å²) < 4.78 is 11.3. The molecule has 1 aliphatic rings. The van der Waals surface area contributed by atoms with Gasteiger partial charge < -0.3 is 14.8 Å². The number of benzene rings is 2. The van der Waals surface area contributed by atoms with Crippen molar-refractivity contribution in [3.63, 3.8) is 0 Å². The zero-order valence-corrected chi connectivity index (χ0v) is 14.7. The summed E-state index contributed by atoms with van der Waals surface area (Å²) >= 11 is 0. The minimum atomic E-state index is -0.0623. The summed E-state index contributed by atoms with van der Waals surface area (Å²) in [5.41, 5.74) is 3.90. The third kappa shape index (κ3) is 5.15. The second-order valence-corrected chi connectivity index (χ2v) is 6.45. The van der Waals surface area contributed by atoms with Crippen LogP contribution in [0.4, 0.5) is 0 Å². The molecule has 2 aromatic carbocycles. The van der Waals surface area contributed by atoms with Gasteiger partial charge in [-0.1, -0.05) is 48.0 Å². The van der Waals surface area contributed by atoms with E-state index in [1.54, 1.807) is 0 Å². The van der Waals surface area contributed by atoms with Crippen LogP contribution in [0.5, 0.6) is 0 Å². The SMILES string of the molecule is Cc1cccc(CNC(=O)c2ccccc2COC2CCOCC2)c1. The van der Waals surface area contributed by atoms with Gasteiger partial charge in [0.2, 0.25) is 0 Å². The van der Waals surface area contributed by atoms with Crippen molar-refractivity contribution in [2.24, 2.45) is 0 Å². The van der Waals surface area contributed by atoms with Crippen LogP contribution in [0.2, 0.25) is 0 Å². The number of carbonyl (C=O) groups is 1. The lowest BCUT2D eigenvalue weighted by molar-refractivity contribution is -0.0392. The topological polar surface area (TPSA) is 47.6 Å². The fourth-order valence-electron chi connectivity index (χ4n) is 3.02. The van der Waals surface area contributed by atoms with E-state index in [9.17, 15) is 4.79 Å². The van der Waals surface area contributed by atoms with Gasteiger partial charge in [0, 0.05) is 25.3 Å². The highest BCUT2D eigenvalue weighted by Gasteiger charge is 2.16. The lowest BCUT2D eigenvalue weighted by Gasteiger charge is -2.23. The maximum Gasteiger partial charge on any atom is 0.251 e. The van der Waals surface area contributed by atoms with Crippen molar-refractivity contribution in [3.8, 4) is 0 Å². The first-order valence-electron chi connectivity index (χ1n) is 8.83. The Kier molecular flexibility index (Phi) is 6.20. The second-order valence-electron chi connectivity index (χ2n) is 6.45. The van der Waals surface area contributed by atoms with Gasteiger partial charge in [-0.25, -0.2) is 0 Å². The number of hydrogen-bond donors (Lipinski definition) is 1. The molecule has 0 unspecified atom stereocenters. The fraction of sp³-hybridized carbons (Fsp3) is 0.381. The Morgan fingerprint density at radius 2 is 1.96 bits per heavy atom. The van der Waals surface area contributed by atoms with Gasteiger partial charge in [0.25, 0.3) is 5.91 Å². The number of carbonyl (C=O) groups excluding carboxylic acids is 1. The molecular weight excluding hydrogens is 314 g/mol. The van der Waals surface area contributed by atoms with Gasteiger partial charge in [0.15, 0.2) is 0 Å². The maximum absolute atomic E-state index is 12.6. The molecule has 0 bridgehead atoms. The molecule has 0 spiro atoms. The molecular formula is C21H25NO3. The van der Waals surface area contributed by atoms with Crippen molar-refractivity contribution >= 4 is 5.91 Å². The average molecular weight is 339 g/mol. The minimum Gasteiger partial charge on any atom is -0.381 e. The number of ether oxygens (including phenoxy) is 2. The predicted molar refractivity (Wildman–Crippen MR) is 97.4 cm³/mol. The van der Waals surface area contributed by atoms with Crippen LogP contribution in [0.15, 0.2) is 48.5 Å². The summed E-state index contributed by atoms with van der Waals surface area (Å²) in [6.45, 7) is 4.54. The Balaban J connectivity index is 1.59. The Bertz CT molecular complexity index is 708. The second kappa shape index (κ2) is 8.79. The van der Waals surface area contributed by atoms with Crippen molar-refractivity contribution < 1.29 is 14.3 Å². The van der Waals surface area contributed by atoms with Crippen LogP contribution in [-0.2, 0) is 22.6 Å². The summed E-state index contributed by atoms with van der Waals surface area (Å²) in [4.78, 5) is 12.6. The van der Waals surface area contributed by atoms with E-state index in [0.29, 0.717) is 18.7 Å². The highest BCUT2D eigenvalue weighted by atomic mass is 16.5. The standard InChI is InChI=1S/C21H25NO3/c1-16-5-4-6-17(13-16)14-22-21(23)20-8-3-2-7-18(20)15-25-19-9-11-24-12-10-19/h2-8,13,19H,9-12,14-15H2,1H3,(H,22,23). The van der Waals surface area contributed by atoms with Gasteiger partial charge in [-0.05, 0) is 37.0 Å². The fourth-order valence-corrected chi connectivity index (χ4v) is 3.02. The van der Waals surface area contributed by atoms with Crippen molar-refractivity contribution in [1.29, 1.82) is 0 Å². The van der Waals surface area contributed by atoms with Crippen LogP contribution >= 0.6 is 0 Å². The number of amides is 1. The largest absolute Gasteiger partial charge is 0.381 e. The molecule has 1 aliphatic heterocycles. The molecule has 1 fully saturated rings. The molecule has 3 rings (SSSR count). The quantitative estimate of drug-likeness (QED) is 0.874. The van der Waals surface area contributed by atoms with Gasteiger partial charge in [-0.15, -0.1) is 0 Å². The molecule has 132 valence electrons. The summed E-state index contributed by atoms with van der Waals surface area (Å²) in [6.07, 6.45) is 2.06. The van der Waals surface area contributed by atoms with Crippen molar-refractivity contribution in [1.82, 2.24) is 5.32 Å². The number of hydrogen-bond acceptors (Lipinski definition) is 3. The van der Waals surface area contributed by atoms with Gasteiger partial charge in [0.05, 0.1) is 12.7 Å². The monoisotopic (exact) mass is 339 g/mol. The van der Waals surface area contributed by atoms with E-state index < -0.39 is 0 Å². The van der Waals surface area contributed by atoms with E-state index in [0.717, 1.165) is 37.2 Å².